The molecule has 0 amide bonds. The van der Waals surface area contributed by atoms with E-state index in [-0.39, 0.29) is 29.9 Å². The summed E-state index contributed by atoms with van der Waals surface area (Å²) in [7, 11) is 2.68. The number of esters is 5. The molecule has 0 radical (unpaired) electrons. The summed E-state index contributed by atoms with van der Waals surface area (Å²) in [6.45, 7) is 15.0. The van der Waals surface area contributed by atoms with Gasteiger partial charge in [0, 0.05) is 67.4 Å². The Kier molecular flexibility index (Phi) is 14.0. The molecule has 8 bridgehead atoms. The van der Waals surface area contributed by atoms with Crippen molar-refractivity contribution in [3.8, 4) is 0 Å². The minimum Gasteiger partial charge on any atom is -0.469 e. The number of H-pyrrole nitrogens is 3. The van der Waals surface area contributed by atoms with Crippen LogP contribution in [0.1, 0.15) is 112 Å². The topological polar surface area (TPSA) is 253 Å². The number of ether oxygens (including phenoxy) is 6. The SMILES string of the molecule is C=C(c1cn([C@@H]2O[C@H](COC(C)=O)C(OC(C)=O)C2OC(C)=O)c(=O)[nH]c1=O)c1c(C)c2cc3nc(cc4nc(cc5cc(C)c(cc1[nH]2)[nH]5)C(C)=C4CCC(=O)OC)C(CCC(=O)OC)=C3C. The summed E-state index contributed by atoms with van der Waals surface area (Å²) in [5.41, 5.74) is 8.73. The van der Waals surface area contributed by atoms with Crippen molar-refractivity contribution in [1.82, 2.24) is 29.5 Å². The molecule has 0 aliphatic carbocycles. The first-order valence-corrected chi connectivity index (χ1v) is 21.7. The molecular formula is C49H52N6O13. The monoisotopic (exact) mass is 932 g/mol. The van der Waals surface area contributed by atoms with Gasteiger partial charge in [-0.05, 0) is 110 Å². The van der Waals surface area contributed by atoms with Crippen molar-refractivity contribution in [2.24, 2.45) is 0 Å². The summed E-state index contributed by atoms with van der Waals surface area (Å²) in [5, 5.41) is 0. The molecule has 0 spiro atoms. The Balaban J connectivity index is 1.45. The Hall–Kier alpha value is -7.67. The van der Waals surface area contributed by atoms with Gasteiger partial charge in [0.2, 0.25) is 0 Å². The van der Waals surface area contributed by atoms with Gasteiger partial charge in [0.25, 0.3) is 5.56 Å². The number of carbonyl (C=O) groups is 5. The average molecular weight is 933 g/mol. The van der Waals surface area contributed by atoms with Crippen molar-refractivity contribution < 1.29 is 52.4 Å². The van der Waals surface area contributed by atoms with Crippen LogP contribution in [0.2, 0.25) is 0 Å². The van der Waals surface area contributed by atoms with Gasteiger partial charge in [-0.2, -0.15) is 0 Å². The van der Waals surface area contributed by atoms with Crippen LogP contribution >= 0.6 is 0 Å². The lowest BCUT2D eigenvalue weighted by Crippen LogP contribution is -2.42. The van der Waals surface area contributed by atoms with E-state index in [0.717, 1.165) is 51.8 Å². The van der Waals surface area contributed by atoms with Crippen LogP contribution in [-0.4, -0.2) is 98.5 Å². The lowest BCUT2D eigenvalue weighted by molar-refractivity contribution is -0.166. The van der Waals surface area contributed by atoms with Crippen molar-refractivity contribution in [2.75, 3.05) is 20.8 Å². The summed E-state index contributed by atoms with van der Waals surface area (Å²) >= 11 is 0. The molecule has 3 aliphatic rings. The maximum Gasteiger partial charge on any atom is 0.330 e. The van der Waals surface area contributed by atoms with Crippen LogP contribution in [0.15, 0.2) is 52.7 Å². The lowest BCUT2D eigenvalue weighted by atomic mass is 9.97. The highest BCUT2D eigenvalue weighted by Gasteiger charge is 2.51. The third kappa shape index (κ3) is 9.88. The maximum atomic E-state index is 13.9. The normalized spacial score (nSPS) is 17.8. The van der Waals surface area contributed by atoms with Crippen LogP contribution in [0.3, 0.4) is 0 Å². The summed E-state index contributed by atoms with van der Waals surface area (Å²) in [6, 6.07) is 9.48. The standard InChI is InChI=1S/C49H52N6O13/c1-22-15-30-16-35-23(2)31(11-13-42(59)63-9)38(51-35)19-39-32(12-14-43(60)64-10)24(3)36(52-39)18-37-26(5)44(40(53-37)17-34(22)50-30)25(4)33-20-55(49(62)54-47(33)61)48-46(67-29(8)58)45(66-28(7)57)41(68-48)21-65-27(6)56/h15-20,41,45-46,48,50,53H,4,11-14,21H2,1-3,5-10H3,(H,54,61,62)/t41-,45?,46?,48-/m1/s1. The summed E-state index contributed by atoms with van der Waals surface area (Å²) in [5.74, 6) is -2.95. The van der Waals surface area contributed by atoms with Gasteiger partial charge in [0.15, 0.2) is 18.4 Å². The van der Waals surface area contributed by atoms with E-state index in [4.69, 9.17) is 38.4 Å². The summed E-state index contributed by atoms with van der Waals surface area (Å²) in [4.78, 5) is 108. The van der Waals surface area contributed by atoms with Crippen molar-refractivity contribution in [3.63, 3.8) is 0 Å². The number of hydrogen-bond donors (Lipinski definition) is 3. The largest absolute Gasteiger partial charge is 0.469 e. The second-order valence-electron chi connectivity index (χ2n) is 16.7. The van der Waals surface area contributed by atoms with Gasteiger partial charge < -0.3 is 38.4 Å². The molecule has 4 atom stereocenters. The van der Waals surface area contributed by atoms with Crippen LogP contribution in [0.5, 0.6) is 0 Å². The Morgan fingerprint density at radius 1 is 0.706 bits per heavy atom. The number of methoxy groups -OCH3 is 2. The van der Waals surface area contributed by atoms with Gasteiger partial charge in [-0.15, -0.1) is 0 Å². The van der Waals surface area contributed by atoms with Crippen LogP contribution in [-0.2, 0) is 52.4 Å². The van der Waals surface area contributed by atoms with Gasteiger partial charge in [-0.25, -0.2) is 14.8 Å². The molecular weight excluding hydrogens is 881 g/mol. The molecule has 1 fully saturated rings. The molecule has 0 saturated carbocycles. The Morgan fingerprint density at radius 2 is 1.29 bits per heavy atom. The van der Waals surface area contributed by atoms with Gasteiger partial charge >= 0.3 is 35.5 Å². The molecule has 3 N–H and O–H groups in total. The first-order valence-electron chi connectivity index (χ1n) is 21.7. The average Bonchev–Trinajstić information content (AvgIpc) is 4.04. The predicted molar refractivity (Wildman–Crippen MR) is 249 cm³/mol. The minimum atomic E-state index is -1.47. The minimum absolute atomic E-state index is 0.0606. The summed E-state index contributed by atoms with van der Waals surface area (Å²) < 4.78 is 33.3. The molecule has 4 aromatic heterocycles. The van der Waals surface area contributed by atoms with E-state index in [1.165, 1.54) is 27.3 Å². The van der Waals surface area contributed by atoms with Crippen LogP contribution in [0.4, 0.5) is 0 Å². The number of hydrogen-bond acceptors (Lipinski definition) is 15. The molecule has 1 saturated heterocycles. The second-order valence-corrected chi connectivity index (χ2v) is 16.7. The number of carbonyl (C=O) groups excluding carboxylic acids is 5. The molecule has 7 heterocycles. The van der Waals surface area contributed by atoms with Crippen molar-refractivity contribution in [2.45, 2.75) is 98.7 Å². The second kappa shape index (κ2) is 19.7. The van der Waals surface area contributed by atoms with E-state index in [0.29, 0.717) is 63.3 Å². The predicted octanol–water partition coefficient (Wildman–Crippen LogP) is 5.93. The smallest absolute Gasteiger partial charge is 0.330 e. The molecule has 356 valence electrons. The Labute approximate surface area is 389 Å². The number of rotatable bonds is 13. The first-order chi connectivity index (χ1) is 32.3. The molecule has 2 unspecified atom stereocenters. The number of aromatic nitrogens is 6. The van der Waals surface area contributed by atoms with Crippen molar-refractivity contribution in [3.05, 3.63) is 109 Å². The van der Waals surface area contributed by atoms with Gasteiger partial charge in [0.1, 0.15) is 12.7 Å². The zero-order valence-corrected chi connectivity index (χ0v) is 39.2. The Morgan fingerprint density at radius 3 is 1.87 bits per heavy atom. The highest BCUT2D eigenvalue weighted by atomic mass is 16.7. The lowest BCUT2D eigenvalue weighted by Gasteiger charge is -2.24. The first kappa shape index (κ1) is 48.3. The molecule has 19 heteroatoms. The zero-order valence-electron chi connectivity index (χ0n) is 39.2. The fraction of sp³-hybridized carbons (Fsp3) is 0.367. The quantitative estimate of drug-likeness (QED) is 0.104. The highest BCUT2D eigenvalue weighted by Crippen LogP contribution is 2.39. The molecule has 3 aliphatic heterocycles. The number of nitrogens with one attached hydrogen (secondary N) is 3. The van der Waals surface area contributed by atoms with E-state index >= 15 is 0 Å². The molecule has 0 aromatic carbocycles. The number of nitrogens with zero attached hydrogens (tertiary/aromatic N) is 3. The van der Waals surface area contributed by atoms with Crippen LogP contribution in [0, 0.1) is 13.8 Å². The number of fused-ring (bicyclic) bond motifs is 8. The van der Waals surface area contributed by atoms with Gasteiger partial charge in [0.05, 0.1) is 42.6 Å². The fourth-order valence-corrected chi connectivity index (χ4v) is 8.67. The highest BCUT2D eigenvalue weighted by molar-refractivity contribution is 5.98. The molecule has 68 heavy (non-hydrogen) atoms. The van der Waals surface area contributed by atoms with Gasteiger partial charge in [-0.1, -0.05) is 6.58 Å². The zero-order chi connectivity index (χ0) is 49.3. The van der Waals surface area contributed by atoms with Gasteiger partial charge in [-0.3, -0.25) is 38.3 Å². The van der Waals surface area contributed by atoms with E-state index in [1.54, 1.807) is 0 Å². The number of allylic oxidation sites excluding steroid dienone is 4. The third-order valence-electron chi connectivity index (χ3n) is 12.1. The number of aryl methyl sites for hydroxylation is 2. The van der Waals surface area contributed by atoms with Crippen molar-refractivity contribution >= 4 is 79.8 Å². The van der Waals surface area contributed by atoms with E-state index in [1.807, 2.05) is 58.0 Å². The fourth-order valence-electron chi connectivity index (χ4n) is 8.67. The maximum absolute atomic E-state index is 13.9. The molecule has 7 rings (SSSR count). The molecule has 4 aromatic rings. The van der Waals surface area contributed by atoms with Crippen LogP contribution < -0.4 is 11.2 Å². The third-order valence-corrected chi connectivity index (χ3v) is 12.1. The molecule has 19 nitrogen and oxygen atoms in total. The number of aromatic amines is 3. The van der Waals surface area contributed by atoms with Crippen molar-refractivity contribution in [1.29, 1.82) is 0 Å². The van der Waals surface area contributed by atoms with E-state index in [2.05, 4.69) is 21.5 Å². The van der Waals surface area contributed by atoms with E-state index < -0.39 is 66.3 Å². The summed E-state index contributed by atoms with van der Waals surface area (Å²) in [6.07, 6.45) is -3.23. The van der Waals surface area contributed by atoms with E-state index in [9.17, 15) is 33.6 Å². The Bertz CT molecular complexity index is 3150. The van der Waals surface area contributed by atoms with Crippen LogP contribution in [0.25, 0.3) is 49.9 Å².